The van der Waals surface area contributed by atoms with Crippen molar-refractivity contribution in [1.29, 1.82) is 0 Å². The van der Waals surface area contributed by atoms with Crippen LogP contribution in [0.1, 0.15) is 51.4 Å². The van der Waals surface area contributed by atoms with Crippen LogP contribution in [-0.4, -0.2) is 27.2 Å². The van der Waals surface area contributed by atoms with Crippen molar-refractivity contribution in [2.24, 2.45) is 5.41 Å². The predicted octanol–water partition coefficient (Wildman–Crippen LogP) is 2.06. The Balaban J connectivity index is 2.25. The monoisotopic (exact) mass is 264 g/mol. The van der Waals surface area contributed by atoms with Gasteiger partial charge < -0.3 is 16.2 Å². The predicted molar refractivity (Wildman–Crippen MR) is 77.1 cm³/mol. The number of aliphatic hydroxyl groups is 1. The molecule has 1 aliphatic rings. The topological polar surface area (TPSA) is 84.1 Å². The lowest BCUT2D eigenvalue weighted by Crippen LogP contribution is -2.57. The van der Waals surface area contributed by atoms with E-state index in [4.69, 9.17) is 5.73 Å². The number of aliphatic hydroxyl groups excluding tert-OH is 1. The summed E-state index contributed by atoms with van der Waals surface area (Å²) in [5.74, 6) is 2.31. The fourth-order valence-electron chi connectivity index (χ4n) is 2.26. The van der Waals surface area contributed by atoms with Gasteiger partial charge in [-0.15, -0.1) is 0 Å². The quantitative estimate of drug-likeness (QED) is 0.778. The van der Waals surface area contributed by atoms with Crippen molar-refractivity contribution in [1.82, 2.24) is 9.97 Å². The number of hydrogen-bond acceptors (Lipinski definition) is 5. The molecule has 1 aromatic rings. The van der Waals surface area contributed by atoms with Crippen LogP contribution in [-0.2, 0) is 0 Å². The molecule has 0 saturated heterocycles. The van der Waals surface area contributed by atoms with Crippen LogP contribution in [0.15, 0.2) is 0 Å². The van der Waals surface area contributed by atoms with E-state index in [9.17, 15) is 5.11 Å². The maximum Gasteiger partial charge on any atom is 0.135 e. The van der Waals surface area contributed by atoms with Crippen LogP contribution in [0.5, 0.6) is 0 Å². The van der Waals surface area contributed by atoms with E-state index in [1.807, 2.05) is 20.8 Å². The number of nitrogen functional groups attached to an aromatic ring is 1. The van der Waals surface area contributed by atoms with Crippen LogP contribution in [0.4, 0.5) is 11.6 Å². The Bertz CT molecular complexity index is 485. The molecule has 5 nitrogen and oxygen atoms in total. The first-order valence-electron chi connectivity index (χ1n) is 6.82. The van der Waals surface area contributed by atoms with Gasteiger partial charge in [-0.25, -0.2) is 9.97 Å². The van der Waals surface area contributed by atoms with E-state index in [2.05, 4.69) is 29.1 Å². The molecular weight excluding hydrogens is 240 g/mol. The maximum absolute atomic E-state index is 9.79. The Morgan fingerprint density at radius 2 is 2.00 bits per heavy atom. The van der Waals surface area contributed by atoms with Gasteiger partial charge in [-0.1, -0.05) is 27.7 Å². The SMILES string of the molecule is Cc1c(N)nc(C(C)C)nc1NC1CC(O)C1(C)C. The number of aromatic nitrogens is 2. The molecule has 19 heavy (non-hydrogen) atoms. The molecular formula is C14H24N4O. The smallest absolute Gasteiger partial charge is 0.135 e. The summed E-state index contributed by atoms with van der Waals surface area (Å²) >= 11 is 0. The zero-order valence-electron chi connectivity index (χ0n) is 12.4. The summed E-state index contributed by atoms with van der Waals surface area (Å²) in [4.78, 5) is 8.87. The standard InChI is InChI=1S/C14H24N4O/c1-7(2)12-17-11(15)8(3)13(18-12)16-9-6-10(19)14(9,4)5/h7,9-10,19H,6H2,1-5H3,(H3,15,16,17,18). The molecule has 0 amide bonds. The van der Waals surface area contributed by atoms with Crippen LogP contribution < -0.4 is 11.1 Å². The van der Waals surface area contributed by atoms with Crippen LogP contribution in [0.3, 0.4) is 0 Å². The van der Waals surface area contributed by atoms with Crippen LogP contribution in [0.25, 0.3) is 0 Å². The van der Waals surface area contributed by atoms with Gasteiger partial charge >= 0.3 is 0 Å². The number of nitrogens with one attached hydrogen (secondary N) is 1. The van der Waals surface area contributed by atoms with E-state index in [0.29, 0.717) is 5.82 Å². The summed E-state index contributed by atoms with van der Waals surface area (Å²) in [5.41, 5.74) is 6.69. The molecule has 1 heterocycles. The van der Waals surface area contributed by atoms with E-state index in [1.54, 1.807) is 0 Å². The average molecular weight is 264 g/mol. The Morgan fingerprint density at radius 1 is 1.37 bits per heavy atom. The summed E-state index contributed by atoms with van der Waals surface area (Å²) in [5, 5.41) is 13.2. The van der Waals surface area contributed by atoms with Crippen LogP contribution in [0, 0.1) is 12.3 Å². The van der Waals surface area contributed by atoms with Gasteiger partial charge in [0, 0.05) is 22.9 Å². The number of rotatable bonds is 3. The third-order valence-electron chi connectivity index (χ3n) is 4.24. The second-order valence-electron chi connectivity index (χ2n) is 6.37. The average Bonchev–Trinajstić information content (AvgIpc) is 2.33. The fourth-order valence-corrected chi connectivity index (χ4v) is 2.26. The minimum Gasteiger partial charge on any atom is -0.392 e. The minimum absolute atomic E-state index is 0.135. The zero-order valence-corrected chi connectivity index (χ0v) is 12.4. The second-order valence-corrected chi connectivity index (χ2v) is 6.37. The highest BCUT2D eigenvalue weighted by Crippen LogP contribution is 2.42. The Morgan fingerprint density at radius 3 is 2.47 bits per heavy atom. The van der Waals surface area contributed by atoms with Gasteiger partial charge in [0.05, 0.1) is 6.10 Å². The first-order valence-corrected chi connectivity index (χ1v) is 6.82. The highest BCUT2D eigenvalue weighted by atomic mass is 16.3. The molecule has 0 spiro atoms. The number of anilines is 2. The van der Waals surface area contributed by atoms with E-state index >= 15 is 0 Å². The van der Waals surface area contributed by atoms with Crippen LogP contribution in [0.2, 0.25) is 0 Å². The van der Waals surface area contributed by atoms with E-state index in [1.165, 1.54) is 0 Å². The molecule has 5 heteroatoms. The molecule has 1 aromatic heterocycles. The van der Waals surface area contributed by atoms with Gasteiger partial charge in [0.1, 0.15) is 17.5 Å². The van der Waals surface area contributed by atoms with Crippen molar-refractivity contribution in [3.05, 3.63) is 11.4 Å². The van der Waals surface area contributed by atoms with Crippen molar-refractivity contribution in [3.8, 4) is 0 Å². The first kappa shape index (κ1) is 14.1. The molecule has 1 aliphatic carbocycles. The van der Waals surface area contributed by atoms with Gasteiger partial charge in [-0.3, -0.25) is 0 Å². The van der Waals surface area contributed by atoms with E-state index in [0.717, 1.165) is 23.6 Å². The van der Waals surface area contributed by atoms with Gasteiger partial charge in [-0.05, 0) is 13.3 Å². The number of nitrogens with zero attached hydrogens (tertiary/aromatic N) is 2. The van der Waals surface area contributed by atoms with Gasteiger partial charge in [0.2, 0.25) is 0 Å². The molecule has 2 rings (SSSR count). The highest BCUT2D eigenvalue weighted by molar-refractivity contribution is 5.56. The zero-order chi connectivity index (χ0) is 14.4. The van der Waals surface area contributed by atoms with E-state index in [-0.39, 0.29) is 23.5 Å². The lowest BCUT2D eigenvalue weighted by Gasteiger charge is -2.49. The third kappa shape index (κ3) is 2.39. The molecule has 106 valence electrons. The molecule has 0 radical (unpaired) electrons. The molecule has 0 aromatic carbocycles. The van der Waals surface area contributed by atoms with Crippen molar-refractivity contribution >= 4 is 11.6 Å². The summed E-state index contributed by atoms with van der Waals surface area (Å²) in [6.45, 7) is 10.1. The lowest BCUT2D eigenvalue weighted by atomic mass is 9.64. The third-order valence-corrected chi connectivity index (χ3v) is 4.24. The molecule has 2 atom stereocenters. The second kappa shape index (κ2) is 4.63. The fraction of sp³-hybridized carbons (Fsp3) is 0.714. The molecule has 0 aliphatic heterocycles. The number of hydrogen-bond donors (Lipinski definition) is 3. The van der Waals surface area contributed by atoms with Crippen molar-refractivity contribution < 1.29 is 5.11 Å². The summed E-state index contributed by atoms with van der Waals surface area (Å²) in [6.07, 6.45) is 0.488. The summed E-state index contributed by atoms with van der Waals surface area (Å²) in [7, 11) is 0. The molecule has 1 saturated carbocycles. The molecule has 0 bridgehead atoms. The Labute approximate surface area is 114 Å². The normalized spacial score (nSPS) is 25.2. The molecule has 1 fully saturated rings. The van der Waals surface area contributed by atoms with Crippen LogP contribution >= 0.6 is 0 Å². The van der Waals surface area contributed by atoms with Gasteiger partial charge in [-0.2, -0.15) is 0 Å². The van der Waals surface area contributed by atoms with Gasteiger partial charge in [0.25, 0.3) is 0 Å². The maximum atomic E-state index is 9.79. The van der Waals surface area contributed by atoms with Crippen molar-refractivity contribution in [3.63, 3.8) is 0 Å². The molecule has 2 unspecified atom stereocenters. The highest BCUT2D eigenvalue weighted by Gasteiger charge is 2.47. The molecule has 4 N–H and O–H groups in total. The number of nitrogens with two attached hydrogens (primary N) is 1. The lowest BCUT2D eigenvalue weighted by molar-refractivity contribution is -0.0511. The van der Waals surface area contributed by atoms with Crippen molar-refractivity contribution in [2.75, 3.05) is 11.1 Å². The first-order chi connectivity index (χ1) is 8.73. The van der Waals surface area contributed by atoms with E-state index < -0.39 is 0 Å². The minimum atomic E-state index is -0.256. The summed E-state index contributed by atoms with van der Waals surface area (Å²) < 4.78 is 0. The van der Waals surface area contributed by atoms with Crippen molar-refractivity contribution in [2.45, 2.75) is 59.1 Å². The Hall–Kier alpha value is -1.36. The Kier molecular flexibility index (Phi) is 3.43. The summed E-state index contributed by atoms with van der Waals surface area (Å²) in [6, 6.07) is 0.218. The largest absolute Gasteiger partial charge is 0.392 e. The van der Waals surface area contributed by atoms with Gasteiger partial charge in [0.15, 0.2) is 0 Å².